The highest BCUT2D eigenvalue weighted by Crippen LogP contribution is 2.64. The molecule has 0 atom stereocenters. The number of alkyl halides is 17. The first-order valence-corrected chi connectivity index (χ1v) is 12.9. The fourth-order valence-electron chi connectivity index (χ4n) is 2.78. The number of rotatable bonds is 9. The Kier molecular flexibility index (Phi) is 10.9. The van der Waals surface area contributed by atoms with E-state index < -0.39 is 57.1 Å². The van der Waals surface area contributed by atoms with Gasteiger partial charge in [0, 0.05) is 3.57 Å². The molecule has 0 saturated carbocycles. The van der Waals surface area contributed by atoms with Gasteiger partial charge in [-0.3, -0.25) is 4.55 Å². The number of benzene rings is 2. The Morgan fingerprint density at radius 1 is 0.591 bits per heavy atom. The van der Waals surface area contributed by atoms with Crippen LogP contribution in [0.15, 0.2) is 48.5 Å². The second kappa shape index (κ2) is 12.1. The normalized spacial score (nSPS) is 14.5. The van der Waals surface area contributed by atoms with E-state index in [1.54, 1.807) is 7.11 Å². The molecule has 2 aromatic rings. The zero-order valence-electron chi connectivity index (χ0n) is 20.5. The lowest BCUT2D eigenvalue weighted by Gasteiger charge is -2.42. The second-order valence-electron chi connectivity index (χ2n) is 8.14. The third kappa shape index (κ3) is 6.35. The van der Waals surface area contributed by atoms with Gasteiger partial charge < -0.3 is 4.74 Å². The first kappa shape index (κ1) is 39.7. The van der Waals surface area contributed by atoms with Crippen LogP contribution in [-0.4, -0.2) is 67.0 Å². The summed E-state index contributed by atoms with van der Waals surface area (Å²) in [4.78, 5) is 0. The van der Waals surface area contributed by atoms with Crippen molar-refractivity contribution >= 4 is 32.7 Å². The van der Waals surface area contributed by atoms with Gasteiger partial charge in [-0.15, -0.1) is 0 Å². The van der Waals surface area contributed by atoms with Crippen LogP contribution >= 0.6 is 22.6 Å². The molecule has 1 N–H and O–H groups in total. The van der Waals surface area contributed by atoms with Crippen molar-refractivity contribution in [2.45, 2.75) is 47.0 Å². The highest BCUT2D eigenvalue weighted by molar-refractivity contribution is 14.1. The number of halogens is 18. The van der Waals surface area contributed by atoms with Crippen LogP contribution in [0.5, 0.6) is 5.75 Å². The average Bonchev–Trinajstić information content (AvgIpc) is 2.87. The van der Waals surface area contributed by atoms with Gasteiger partial charge >= 0.3 is 57.1 Å². The second-order valence-corrected chi connectivity index (χ2v) is 10.8. The minimum atomic E-state index is -8.89. The fourth-order valence-corrected chi connectivity index (χ4v) is 3.93. The van der Waals surface area contributed by atoms with E-state index in [1.165, 1.54) is 14.7 Å². The molecule has 23 heteroatoms. The third-order valence-electron chi connectivity index (χ3n) is 5.29. The first-order chi connectivity index (χ1) is 19.3. The van der Waals surface area contributed by atoms with E-state index in [1.807, 2.05) is 12.1 Å². The quantitative estimate of drug-likeness (QED) is 0.156. The molecule has 44 heavy (non-hydrogen) atoms. The summed E-state index contributed by atoms with van der Waals surface area (Å²) in [6.45, 7) is 0. The standard InChI is InChI=1S/C13H11IO.C8HF17O3S/c1-15-11-8-6-10(7-9-11)12-4-2-3-5-13(12)14;9-1(10,3(13,14)5(17,18)7(21,22)23)2(11,12)4(15,16)6(19,20)8(24,25)29(26,27)28/h2-9H,1H3;(H,26,27,28). The Hall–Kier alpha value is -2.31. The smallest absolute Gasteiger partial charge is 0.460 e. The maximum atomic E-state index is 13.0. The summed E-state index contributed by atoms with van der Waals surface area (Å²) < 4.78 is 249. The topological polar surface area (TPSA) is 63.6 Å². The van der Waals surface area contributed by atoms with E-state index >= 15 is 0 Å². The van der Waals surface area contributed by atoms with Crippen LogP contribution in [0.25, 0.3) is 11.1 Å². The van der Waals surface area contributed by atoms with Crippen LogP contribution in [0.2, 0.25) is 0 Å². The van der Waals surface area contributed by atoms with Crippen molar-refractivity contribution in [2.75, 3.05) is 7.11 Å². The largest absolute Gasteiger partial charge is 0.497 e. The molecule has 0 aliphatic rings. The van der Waals surface area contributed by atoms with Gasteiger partial charge in [-0.25, -0.2) is 0 Å². The predicted molar refractivity (Wildman–Crippen MR) is 123 cm³/mol. The molecule has 0 bridgehead atoms. The molecule has 0 radical (unpaired) electrons. The molecule has 0 unspecified atom stereocenters. The third-order valence-corrected chi connectivity index (χ3v) is 7.14. The highest BCUT2D eigenvalue weighted by atomic mass is 127. The Balaban J connectivity index is 0.000000532. The van der Waals surface area contributed by atoms with Gasteiger partial charge in [-0.2, -0.15) is 83.1 Å². The van der Waals surface area contributed by atoms with Crippen LogP contribution in [0.1, 0.15) is 0 Å². The lowest BCUT2D eigenvalue weighted by atomic mass is 9.91. The highest BCUT2D eigenvalue weighted by Gasteiger charge is 2.96. The zero-order valence-corrected chi connectivity index (χ0v) is 23.5. The maximum Gasteiger partial charge on any atom is 0.460 e. The summed E-state index contributed by atoms with van der Waals surface area (Å²) in [5, 5.41) is -7.84. The summed E-state index contributed by atoms with van der Waals surface area (Å²) in [5.41, 5.74) is 2.49. The number of hydrogen-bond donors (Lipinski definition) is 1. The first-order valence-electron chi connectivity index (χ1n) is 10.4. The molecule has 0 fully saturated rings. The molecule has 0 aliphatic carbocycles. The summed E-state index contributed by atoms with van der Waals surface area (Å²) in [5.74, 6) is -51.1. The van der Waals surface area contributed by atoms with E-state index in [-0.39, 0.29) is 0 Å². The molecule has 0 spiro atoms. The molecule has 2 aromatic carbocycles. The van der Waals surface area contributed by atoms with Gasteiger partial charge in [0.05, 0.1) is 7.11 Å². The lowest BCUT2D eigenvalue weighted by molar-refractivity contribution is -0.458. The molecule has 252 valence electrons. The van der Waals surface area contributed by atoms with Gasteiger partial charge in [0.2, 0.25) is 0 Å². The summed E-state index contributed by atoms with van der Waals surface area (Å²) >= 11 is 2.35. The number of methoxy groups -OCH3 is 1. The Bertz CT molecular complexity index is 1410. The minimum absolute atomic E-state index is 0.893. The van der Waals surface area contributed by atoms with Crippen LogP contribution in [0, 0.1) is 3.57 Å². The molecule has 0 heterocycles. The van der Waals surface area contributed by atoms with Crippen molar-refractivity contribution < 1.29 is 92.3 Å². The number of ether oxygens (including phenoxy) is 1. The van der Waals surface area contributed by atoms with Crippen molar-refractivity contribution in [3.05, 3.63) is 52.1 Å². The Morgan fingerprint density at radius 3 is 1.30 bits per heavy atom. The van der Waals surface area contributed by atoms with E-state index in [4.69, 9.17) is 9.29 Å². The van der Waals surface area contributed by atoms with Gasteiger partial charge in [-0.05, 0) is 51.9 Å². The summed E-state index contributed by atoms with van der Waals surface area (Å²) in [6, 6.07) is 16.5. The van der Waals surface area contributed by atoms with Gasteiger partial charge in [-0.1, -0.05) is 30.3 Å². The maximum absolute atomic E-state index is 13.0. The van der Waals surface area contributed by atoms with E-state index in [0.29, 0.717) is 0 Å². The Labute approximate surface area is 248 Å². The molecular weight excluding hydrogens is 798 g/mol. The fraction of sp³-hybridized carbons (Fsp3) is 0.429. The van der Waals surface area contributed by atoms with E-state index in [9.17, 15) is 83.1 Å². The van der Waals surface area contributed by atoms with Crippen LogP contribution in [-0.2, 0) is 10.1 Å². The molecule has 0 aromatic heterocycles. The van der Waals surface area contributed by atoms with Crippen LogP contribution < -0.4 is 4.74 Å². The molecule has 4 nitrogen and oxygen atoms in total. The van der Waals surface area contributed by atoms with Crippen molar-refractivity contribution in [2.24, 2.45) is 0 Å². The molecule has 2 rings (SSSR count). The summed E-state index contributed by atoms with van der Waals surface area (Å²) in [7, 11) is -6.21. The SMILES string of the molecule is COc1ccc(-c2ccccc2I)cc1.O=S(=O)(O)C(F)(F)C(F)(F)C(F)(F)C(F)(F)C(F)(F)C(F)(F)C(F)(F)C(F)(F)F. The molecule has 0 amide bonds. The van der Waals surface area contributed by atoms with Gasteiger partial charge in [0.15, 0.2) is 0 Å². The van der Waals surface area contributed by atoms with Crippen molar-refractivity contribution in [1.82, 2.24) is 0 Å². The minimum Gasteiger partial charge on any atom is -0.497 e. The van der Waals surface area contributed by atoms with Crippen molar-refractivity contribution in [3.8, 4) is 16.9 Å². The average molecular weight is 810 g/mol. The Morgan fingerprint density at radius 2 is 0.955 bits per heavy atom. The molecular formula is C21H12F17IO4S. The number of hydrogen-bond acceptors (Lipinski definition) is 3. The van der Waals surface area contributed by atoms with Crippen molar-refractivity contribution in [3.63, 3.8) is 0 Å². The van der Waals surface area contributed by atoms with Crippen LogP contribution in [0.3, 0.4) is 0 Å². The molecule has 0 saturated heterocycles. The van der Waals surface area contributed by atoms with Gasteiger partial charge in [0.25, 0.3) is 0 Å². The van der Waals surface area contributed by atoms with Crippen LogP contribution in [0.4, 0.5) is 74.6 Å². The van der Waals surface area contributed by atoms with E-state index in [2.05, 4.69) is 59.0 Å². The van der Waals surface area contributed by atoms with Gasteiger partial charge in [0.1, 0.15) is 5.75 Å². The monoisotopic (exact) mass is 810 g/mol. The summed E-state index contributed by atoms with van der Waals surface area (Å²) in [6.07, 6.45) is -7.88. The zero-order chi connectivity index (χ0) is 35.2. The van der Waals surface area contributed by atoms with Crippen molar-refractivity contribution in [1.29, 1.82) is 0 Å². The lowest BCUT2D eigenvalue weighted by Crippen LogP contribution is -2.74. The van der Waals surface area contributed by atoms with E-state index in [0.717, 1.165) is 5.75 Å². The predicted octanol–water partition coefficient (Wildman–Crippen LogP) is 8.81. The molecule has 0 aliphatic heterocycles.